The third-order valence-electron chi connectivity index (χ3n) is 14.8. The van der Waals surface area contributed by atoms with Crippen molar-refractivity contribution in [1.29, 1.82) is 0 Å². The van der Waals surface area contributed by atoms with Crippen LogP contribution in [0.1, 0.15) is 125 Å². The molecule has 8 aromatic rings. The molecule has 1 amide bonds. The number of alkyl halides is 2. The summed E-state index contributed by atoms with van der Waals surface area (Å²) in [4.78, 5) is 41.4. The van der Waals surface area contributed by atoms with Crippen molar-refractivity contribution in [1.82, 2.24) is 20.0 Å². The molecule has 86 heavy (non-hydrogen) atoms. The molecule has 0 spiro atoms. The van der Waals surface area contributed by atoms with E-state index in [-0.39, 0.29) is 59.3 Å². The minimum Gasteiger partial charge on any atom is -0.465 e. The van der Waals surface area contributed by atoms with Crippen molar-refractivity contribution in [3.63, 3.8) is 0 Å². The number of aliphatic hydroxyl groups excluding tert-OH is 3. The number of fused-ring (bicyclic) bond motifs is 4. The number of halogens is 2. The lowest BCUT2D eigenvalue weighted by atomic mass is 10.1. The molecule has 0 radical (unpaired) electrons. The number of ether oxygens (including phenoxy) is 3. The zero-order valence-corrected chi connectivity index (χ0v) is 50.7. The number of esters is 2. The number of carbonyl (C=O) groups excluding carboxylic acids is 3. The fourth-order valence-corrected chi connectivity index (χ4v) is 11.4. The molecule has 4 aliphatic rings. The normalized spacial score (nSPS) is 13.1. The third kappa shape index (κ3) is 19.3. The molecule has 4 N–H and O–H groups in total. The van der Waals surface area contributed by atoms with Gasteiger partial charge in [-0.15, -0.1) is 0 Å². The van der Waals surface area contributed by atoms with E-state index in [9.17, 15) is 14.4 Å². The summed E-state index contributed by atoms with van der Waals surface area (Å²) in [6.45, 7) is 9.34. The van der Waals surface area contributed by atoms with E-state index in [1.54, 1.807) is 11.0 Å². The van der Waals surface area contributed by atoms with Crippen LogP contribution in [-0.4, -0.2) is 62.3 Å². The second kappa shape index (κ2) is 34.7. The molecule has 0 aromatic heterocycles. The summed E-state index contributed by atoms with van der Waals surface area (Å²) in [6.07, 6.45) is -0.305. The monoisotopic (exact) mass is 1290 g/mol. The van der Waals surface area contributed by atoms with E-state index in [4.69, 9.17) is 24.8 Å². The maximum Gasteiger partial charge on any atom is 0.410 e. The Balaban J connectivity index is 0.000000174. The maximum absolute atomic E-state index is 12.1. The molecule has 8 aromatic carbocycles. The Morgan fingerprint density at radius 2 is 0.826 bits per heavy atom. The summed E-state index contributed by atoms with van der Waals surface area (Å²) in [5, 5.41) is 31.9. The predicted octanol–water partition coefficient (Wildman–Crippen LogP) is 13.8. The second-order valence-corrected chi connectivity index (χ2v) is 21.9. The number of amides is 1. The second-order valence-electron chi connectivity index (χ2n) is 20.8. The molecule has 0 saturated heterocycles. The number of nitrogens with one attached hydrogen (secondary N) is 1. The molecule has 0 atom stereocenters. The third-order valence-corrected chi connectivity index (χ3v) is 16.0. The largest absolute Gasteiger partial charge is 0.465 e. The Labute approximate surface area is 524 Å². The van der Waals surface area contributed by atoms with Crippen molar-refractivity contribution >= 4 is 49.9 Å². The van der Waals surface area contributed by atoms with Crippen LogP contribution in [0.4, 0.5) is 4.79 Å². The van der Waals surface area contributed by atoms with Crippen molar-refractivity contribution in [2.24, 2.45) is 0 Å². The molecule has 0 bridgehead atoms. The molecule has 0 saturated carbocycles. The highest BCUT2D eigenvalue weighted by molar-refractivity contribution is 9.09. The fraction of sp³-hybridized carbons (Fsp3) is 0.282. The molecule has 0 fully saturated rings. The van der Waals surface area contributed by atoms with Crippen molar-refractivity contribution in [2.75, 3.05) is 14.2 Å². The topological polar surface area (TPSA) is 161 Å². The summed E-state index contributed by atoms with van der Waals surface area (Å²) in [5.74, 6) is -0.567. The highest BCUT2D eigenvalue weighted by Gasteiger charge is 2.25. The highest BCUT2D eigenvalue weighted by Crippen LogP contribution is 2.28. The molecule has 13 nitrogen and oxygen atoms in total. The lowest BCUT2D eigenvalue weighted by Crippen LogP contribution is -2.25. The fourth-order valence-electron chi connectivity index (χ4n) is 10.3. The quantitative estimate of drug-likeness (QED) is 0.0492. The van der Waals surface area contributed by atoms with Crippen LogP contribution < -0.4 is 5.32 Å². The van der Waals surface area contributed by atoms with Gasteiger partial charge in [0, 0.05) is 76.1 Å². The van der Waals surface area contributed by atoms with Gasteiger partial charge in [-0.1, -0.05) is 204 Å². The van der Waals surface area contributed by atoms with Crippen LogP contribution in [0.3, 0.4) is 0 Å². The SMILES string of the molecule is C.C.COC(=O)c1ccc(CBr)c(CBr)c1.COC(=O)c1ccc2c(c1)CN(Cc1ccccc1)C2.O=C(OCc1ccccc1)N1Cc2ccc(CO)cc2C1.OCc1ccc2c(c1)CN(Cc1ccccc1)C2.OCc1ccc2c(c1)CNC2. The van der Waals surface area contributed by atoms with Gasteiger partial charge in [0.25, 0.3) is 0 Å². The lowest BCUT2D eigenvalue weighted by molar-refractivity contribution is 0.0591. The number of benzene rings is 8. The smallest absolute Gasteiger partial charge is 0.410 e. The highest BCUT2D eigenvalue weighted by atomic mass is 79.9. The van der Waals surface area contributed by atoms with Gasteiger partial charge in [0.1, 0.15) is 6.61 Å². The molecule has 0 unspecified atom stereocenters. The van der Waals surface area contributed by atoms with Crippen LogP contribution >= 0.6 is 31.9 Å². The molecular formula is C71H80Br2N4O9. The van der Waals surface area contributed by atoms with E-state index < -0.39 is 0 Å². The van der Waals surface area contributed by atoms with Crippen molar-refractivity contribution in [3.8, 4) is 0 Å². The van der Waals surface area contributed by atoms with Crippen LogP contribution in [0.15, 0.2) is 182 Å². The van der Waals surface area contributed by atoms with Crippen molar-refractivity contribution in [3.05, 3.63) is 282 Å². The van der Waals surface area contributed by atoms with Crippen LogP contribution in [-0.2, 0) is 117 Å². The number of hydrogen-bond acceptors (Lipinski definition) is 12. The Kier molecular flexibility index (Phi) is 27.4. The van der Waals surface area contributed by atoms with E-state index in [0.29, 0.717) is 24.2 Å². The summed E-state index contributed by atoms with van der Waals surface area (Å²) >= 11 is 6.77. The molecule has 0 aliphatic carbocycles. The first-order valence-corrected chi connectivity index (χ1v) is 30.1. The van der Waals surface area contributed by atoms with E-state index in [1.807, 2.05) is 97.1 Å². The zero-order valence-electron chi connectivity index (χ0n) is 47.5. The van der Waals surface area contributed by atoms with Gasteiger partial charge in [0.15, 0.2) is 0 Å². The van der Waals surface area contributed by atoms with Crippen LogP contribution in [0.5, 0.6) is 0 Å². The van der Waals surface area contributed by atoms with Gasteiger partial charge in [-0.25, -0.2) is 14.4 Å². The van der Waals surface area contributed by atoms with Gasteiger partial charge in [0.05, 0.1) is 45.2 Å². The van der Waals surface area contributed by atoms with Gasteiger partial charge < -0.3 is 34.8 Å². The minimum absolute atomic E-state index is 0. The summed E-state index contributed by atoms with van der Waals surface area (Å²) < 4.78 is 14.7. The Morgan fingerprint density at radius 3 is 1.33 bits per heavy atom. The Morgan fingerprint density at radius 1 is 0.430 bits per heavy atom. The van der Waals surface area contributed by atoms with Crippen LogP contribution in [0.2, 0.25) is 0 Å². The first-order valence-electron chi connectivity index (χ1n) is 27.9. The molecule has 452 valence electrons. The first-order chi connectivity index (χ1) is 41.0. The van der Waals surface area contributed by atoms with Crippen LogP contribution in [0, 0.1) is 0 Å². The Bertz CT molecular complexity index is 3440. The van der Waals surface area contributed by atoms with Gasteiger partial charge in [0.2, 0.25) is 0 Å². The molecule has 15 heteroatoms. The molecular weight excluding hydrogens is 1210 g/mol. The van der Waals surface area contributed by atoms with E-state index >= 15 is 0 Å². The number of rotatable bonds is 13. The average Bonchev–Trinajstić information content (AvgIpc) is 4.50. The number of aliphatic hydroxyl groups is 3. The van der Waals surface area contributed by atoms with Gasteiger partial charge in [-0.3, -0.25) is 14.7 Å². The number of hydrogen-bond donors (Lipinski definition) is 4. The lowest BCUT2D eigenvalue weighted by Gasteiger charge is -2.15. The standard InChI is InChI=1S/C17H17NO3.C17H17NO2.C16H17NO.C10H10Br2O2.C9H11NO.2CH4/c19-11-14-6-7-15-9-18(10-16(15)8-14)17(20)21-12-13-4-2-1-3-5-13;1-20-17(19)14-7-8-15-11-18(12-16(15)9-14)10-13-5-3-2-4-6-13;18-12-14-6-7-15-10-17(11-16(15)8-14)9-13-4-2-1-3-5-13;1-14-10(13)7-2-3-8(5-11)9(4-7)6-12;11-6-7-1-2-8-4-10-5-9(8)3-7;;/h1-8,19H,9-12H2;2-9H,10-12H2,1H3;1-8,18H,9-12H2;2-4H,5-6H2,1H3;1-3,10-11H,4-6H2;2*1H4. The summed E-state index contributed by atoms with van der Waals surface area (Å²) in [6, 6.07) is 60.2. The minimum atomic E-state index is -0.305. The van der Waals surface area contributed by atoms with Crippen LogP contribution in [0.25, 0.3) is 0 Å². The van der Waals surface area contributed by atoms with Gasteiger partial charge in [-0.05, 0) is 113 Å². The molecule has 4 heterocycles. The Hall–Kier alpha value is -7.31. The molecule has 4 aliphatic heterocycles. The van der Waals surface area contributed by atoms with Crippen molar-refractivity contribution < 1.29 is 43.9 Å². The van der Waals surface area contributed by atoms with E-state index in [0.717, 1.165) is 102 Å². The first kappa shape index (κ1) is 67.8. The number of nitrogens with zero attached hydrogens (tertiary/aromatic N) is 3. The van der Waals surface area contributed by atoms with E-state index in [1.165, 1.54) is 64.3 Å². The average molecular weight is 1290 g/mol. The van der Waals surface area contributed by atoms with Gasteiger partial charge in [-0.2, -0.15) is 0 Å². The van der Waals surface area contributed by atoms with E-state index in [2.05, 4.69) is 131 Å². The van der Waals surface area contributed by atoms with Crippen molar-refractivity contribution in [2.45, 2.75) is 117 Å². The zero-order chi connectivity index (χ0) is 59.2. The number of methoxy groups -OCH3 is 2. The number of carbonyl (C=O) groups is 3. The summed E-state index contributed by atoms with van der Waals surface area (Å²) in [5.41, 5.74) is 20.2. The predicted molar refractivity (Wildman–Crippen MR) is 347 cm³/mol. The maximum atomic E-state index is 12.1. The van der Waals surface area contributed by atoms with Gasteiger partial charge >= 0.3 is 18.0 Å². The molecule has 12 rings (SSSR count). The summed E-state index contributed by atoms with van der Waals surface area (Å²) in [7, 11) is 2.80.